The van der Waals surface area contributed by atoms with Gasteiger partial charge < -0.3 is 15.2 Å². The number of esters is 1. The fourth-order valence-corrected chi connectivity index (χ4v) is 2.67. The van der Waals surface area contributed by atoms with E-state index in [1.165, 1.54) is 4.68 Å². The number of phenols is 1. The van der Waals surface area contributed by atoms with Crippen LogP contribution in [0.3, 0.4) is 0 Å². The number of carbonyl (C=O) groups excluding carboxylic acids is 1. The van der Waals surface area contributed by atoms with Crippen LogP contribution in [0.1, 0.15) is 38.3 Å². The molecule has 3 rings (SSSR count). The van der Waals surface area contributed by atoms with Gasteiger partial charge in [0, 0.05) is 5.70 Å². The summed E-state index contributed by atoms with van der Waals surface area (Å²) in [6.45, 7) is 4.18. The van der Waals surface area contributed by atoms with E-state index < -0.39 is 12.0 Å². The highest BCUT2D eigenvalue weighted by Gasteiger charge is 2.35. The molecule has 2 N–H and O–H groups in total. The third-order valence-electron chi connectivity index (χ3n) is 3.85. The van der Waals surface area contributed by atoms with Crippen LogP contribution in [-0.4, -0.2) is 37.9 Å². The van der Waals surface area contributed by atoms with Crippen molar-refractivity contribution in [2.45, 2.75) is 32.7 Å². The lowest BCUT2D eigenvalue weighted by atomic mass is 9.95. The van der Waals surface area contributed by atoms with Gasteiger partial charge in [0.2, 0.25) is 5.95 Å². The number of unbranched alkanes of at least 4 members (excludes halogenated alkanes) is 1. The van der Waals surface area contributed by atoms with Crippen molar-refractivity contribution < 1.29 is 14.6 Å². The van der Waals surface area contributed by atoms with Gasteiger partial charge in [-0.15, -0.1) is 0 Å². The number of ether oxygens (including phenoxy) is 1. The summed E-state index contributed by atoms with van der Waals surface area (Å²) in [7, 11) is 0. The van der Waals surface area contributed by atoms with Crippen LogP contribution in [0, 0.1) is 0 Å². The van der Waals surface area contributed by atoms with Gasteiger partial charge in [-0.05, 0) is 41.5 Å². The number of aromatic nitrogens is 4. The Kier molecular flexibility index (Phi) is 4.45. The maximum Gasteiger partial charge on any atom is 0.338 e. The number of phenolic OH excluding ortho intramolecular Hbond substituents is 1. The standard InChI is InChI=1S/C16H19N5O3/c1-3-4-8-24-15(23)13-10(2)17-16-18-19-20-21(16)14(13)11-6-5-7-12(22)9-11/h5-7,9,14,22H,3-4,8H2,1-2H3,(H,17,18,20)/t14-/m1/s1. The Morgan fingerprint density at radius 1 is 1.46 bits per heavy atom. The van der Waals surface area contributed by atoms with E-state index in [1.807, 2.05) is 13.0 Å². The van der Waals surface area contributed by atoms with Gasteiger partial charge in [0.1, 0.15) is 11.8 Å². The van der Waals surface area contributed by atoms with Gasteiger partial charge in [0.15, 0.2) is 0 Å². The monoisotopic (exact) mass is 329 g/mol. The van der Waals surface area contributed by atoms with E-state index in [4.69, 9.17) is 4.74 Å². The summed E-state index contributed by atoms with van der Waals surface area (Å²) in [5.41, 5.74) is 1.76. The van der Waals surface area contributed by atoms with Crippen LogP contribution in [0.25, 0.3) is 0 Å². The predicted molar refractivity (Wildman–Crippen MR) is 86.3 cm³/mol. The lowest BCUT2D eigenvalue weighted by molar-refractivity contribution is -0.139. The SMILES string of the molecule is CCCCOC(=O)C1=C(C)Nc2nnnn2[C@@H]1c1cccc(O)c1. The fraction of sp³-hybridized carbons (Fsp3) is 0.375. The largest absolute Gasteiger partial charge is 0.508 e. The Morgan fingerprint density at radius 2 is 2.29 bits per heavy atom. The number of tetrazole rings is 1. The zero-order chi connectivity index (χ0) is 17.1. The highest BCUT2D eigenvalue weighted by Crippen LogP contribution is 2.35. The number of aromatic hydroxyl groups is 1. The number of hydrogen-bond donors (Lipinski definition) is 2. The number of nitrogens with one attached hydrogen (secondary N) is 1. The van der Waals surface area contributed by atoms with E-state index in [9.17, 15) is 9.90 Å². The van der Waals surface area contributed by atoms with Gasteiger partial charge in [0.25, 0.3) is 0 Å². The molecule has 1 aromatic carbocycles. The Morgan fingerprint density at radius 3 is 3.04 bits per heavy atom. The second-order valence-corrected chi connectivity index (χ2v) is 5.60. The Labute approximate surface area is 139 Å². The lowest BCUT2D eigenvalue weighted by Gasteiger charge is -2.27. The molecule has 1 aliphatic rings. The quantitative estimate of drug-likeness (QED) is 0.639. The third kappa shape index (κ3) is 2.94. The molecule has 8 nitrogen and oxygen atoms in total. The van der Waals surface area contributed by atoms with Crippen molar-refractivity contribution in [3.63, 3.8) is 0 Å². The van der Waals surface area contributed by atoms with Gasteiger partial charge in [-0.25, -0.2) is 4.79 Å². The normalized spacial score (nSPS) is 16.5. The van der Waals surface area contributed by atoms with E-state index in [1.54, 1.807) is 25.1 Å². The molecule has 2 aromatic rings. The Hall–Kier alpha value is -2.90. The summed E-state index contributed by atoms with van der Waals surface area (Å²) in [5, 5.41) is 24.4. The topological polar surface area (TPSA) is 102 Å². The Balaban J connectivity index is 2.02. The van der Waals surface area contributed by atoms with Crippen molar-refractivity contribution in [1.82, 2.24) is 20.2 Å². The van der Waals surface area contributed by atoms with Crippen LogP contribution >= 0.6 is 0 Å². The minimum absolute atomic E-state index is 0.108. The zero-order valence-corrected chi connectivity index (χ0v) is 13.6. The van der Waals surface area contributed by atoms with Crippen LogP contribution in [0.15, 0.2) is 35.5 Å². The maximum atomic E-state index is 12.6. The van der Waals surface area contributed by atoms with Crippen molar-refractivity contribution in [3.8, 4) is 5.75 Å². The second kappa shape index (κ2) is 6.69. The molecule has 0 radical (unpaired) electrons. The average molecular weight is 329 g/mol. The molecule has 24 heavy (non-hydrogen) atoms. The van der Waals surface area contributed by atoms with Gasteiger partial charge in [-0.3, -0.25) is 0 Å². The first-order chi connectivity index (χ1) is 11.6. The van der Waals surface area contributed by atoms with E-state index in [-0.39, 0.29) is 5.75 Å². The maximum absolute atomic E-state index is 12.6. The van der Waals surface area contributed by atoms with E-state index in [0.29, 0.717) is 29.4 Å². The molecule has 0 saturated heterocycles. The molecule has 1 aliphatic heterocycles. The summed E-state index contributed by atoms with van der Waals surface area (Å²) in [5.74, 6) is 0.130. The van der Waals surface area contributed by atoms with Crippen molar-refractivity contribution in [1.29, 1.82) is 0 Å². The molecule has 0 amide bonds. The molecule has 1 aromatic heterocycles. The highest BCUT2D eigenvalue weighted by atomic mass is 16.5. The van der Waals surface area contributed by atoms with Gasteiger partial charge in [-0.1, -0.05) is 30.6 Å². The molecule has 0 unspecified atom stereocenters. The summed E-state index contributed by atoms with van der Waals surface area (Å²) >= 11 is 0. The van der Waals surface area contributed by atoms with E-state index in [2.05, 4.69) is 20.8 Å². The minimum Gasteiger partial charge on any atom is -0.508 e. The predicted octanol–water partition coefficient (Wildman–Crippen LogP) is 2.01. The number of carbonyl (C=O) groups is 1. The van der Waals surface area contributed by atoms with Crippen LogP contribution < -0.4 is 5.32 Å². The summed E-state index contributed by atoms with van der Waals surface area (Å²) in [6.07, 6.45) is 1.75. The molecular formula is C16H19N5O3. The number of rotatable bonds is 5. The van der Waals surface area contributed by atoms with Crippen LogP contribution in [-0.2, 0) is 9.53 Å². The number of benzene rings is 1. The number of allylic oxidation sites excluding steroid dienone is 1. The van der Waals surface area contributed by atoms with Crippen LogP contribution in [0.2, 0.25) is 0 Å². The smallest absolute Gasteiger partial charge is 0.338 e. The lowest BCUT2D eigenvalue weighted by Crippen LogP contribution is -2.29. The summed E-state index contributed by atoms with van der Waals surface area (Å²) < 4.78 is 6.90. The van der Waals surface area contributed by atoms with Crippen molar-refractivity contribution in [3.05, 3.63) is 41.1 Å². The van der Waals surface area contributed by atoms with Gasteiger partial charge >= 0.3 is 5.97 Å². The average Bonchev–Trinajstić information content (AvgIpc) is 3.01. The van der Waals surface area contributed by atoms with Crippen LogP contribution in [0.4, 0.5) is 5.95 Å². The Bertz CT molecular complexity index is 784. The molecule has 0 bridgehead atoms. The molecule has 0 aliphatic carbocycles. The first-order valence-corrected chi connectivity index (χ1v) is 7.83. The fourth-order valence-electron chi connectivity index (χ4n) is 2.67. The molecule has 1 atom stereocenters. The van der Waals surface area contributed by atoms with Crippen molar-refractivity contribution >= 4 is 11.9 Å². The molecular weight excluding hydrogens is 310 g/mol. The van der Waals surface area contributed by atoms with Crippen LogP contribution in [0.5, 0.6) is 5.75 Å². The number of nitrogens with zero attached hydrogens (tertiary/aromatic N) is 4. The summed E-state index contributed by atoms with van der Waals surface area (Å²) in [6, 6.07) is 6.13. The molecule has 0 fully saturated rings. The minimum atomic E-state index is -0.558. The molecule has 8 heteroatoms. The molecule has 0 spiro atoms. The third-order valence-corrected chi connectivity index (χ3v) is 3.85. The second-order valence-electron chi connectivity index (χ2n) is 5.60. The first-order valence-electron chi connectivity index (χ1n) is 7.83. The van der Waals surface area contributed by atoms with Crippen molar-refractivity contribution in [2.75, 3.05) is 11.9 Å². The van der Waals surface area contributed by atoms with Gasteiger partial charge in [-0.2, -0.15) is 4.68 Å². The summed E-state index contributed by atoms with van der Waals surface area (Å²) in [4.78, 5) is 12.6. The number of hydrogen-bond acceptors (Lipinski definition) is 7. The zero-order valence-electron chi connectivity index (χ0n) is 13.6. The number of fused-ring (bicyclic) bond motifs is 1. The molecule has 126 valence electrons. The van der Waals surface area contributed by atoms with Crippen molar-refractivity contribution in [2.24, 2.45) is 0 Å². The van der Waals surface area contributed by atoms with E-state index in [0.717, 1.165) is 12.8 Å². The number of anilines is 1. The van der Waals surface area contributed by atoms with Gasteiger partial charge in [0.05, 0.1) is 12.2 Å². The first kappa shape index (κ1) is 16.0. The highest BCUT2D eigenvalue weighted by molar-refractivity contribution is 5.92. The van der Waals surface area contributed by atoms with E-state index >= 15 is 0 Å². The molecule has 0 saturated carbocycles. The molecule has 2 heterocycles.